The number of hydrogen-bond donors (Lipinski definition) is 0. The molecule has 3 heterocycles. The van der Waals surface area contributed by atoms with Crippen LogP contribution in [-0.4, -0.2) is 33.5 Å². The summed E-state index contributed by atoms with van der Waals surface area (Å²) in [6.45, 7) is 10.7. The number of nitrogens with zero attached hydrogens (tertiary/aromatic N) is 2. The van der Waals surface area contributed by atoms with Crippen LogP contribution in [0.2, 0.25) is 0 Å². The molecule has 0 bridgehead atoms. The highest BCUT2D eigenvalue weighted by Gasteiger charge is 2.31. The Morgan fingerprint density at radius 3 is 3.00 bits per heavy atom. The lowest BCUT2D eigenvalue weighted by molar-refractivity contribution is -0.139. The van der Waals surface area contributed by atoms with E-state index in [4.69, 9.17) is 9.47 Å². The van der Waals surface area contributed by atoms with Crippen LogP contribution >= 0.6 is 23.1 Å². The maximum Gasteiger partial charge on any atom is 0.316 e. The first kappa shape index (κ1) is 19.1. The third-order valence-corrected chi connectivity index (χ3v) is 6.14. The number of aromatic nitrogens is 2. The molecule has 26 heavy (non-hydrogen) atoms. The topological polar surface area (TPSA) is 70.4 Å². The van der Waals surface area contributed by atoms with E-state index in [-0.39, 0.29) is 22.9 Å². The quantitative estimate of drug-likeness (QED) is 0.324. The van der Waals surface area contributed by atoms with E-state index in [1.807, 2.05) is 13.8 Å². The molecule has 3 rings (SSSR count). The first-order valence-electron chi connectivity index (χ1n) is 8.44. The van der Waals surface area contributed by atoms with Gasteiger partial charge in [0.1, 0.15) is 4.83 Å². The Labute approximate surface area is 160 Å². The molecular weight excluding hydrogens is 372 g/mol. The minimum atomic E-state index is -0.322. The zero-order chi connectivity index (χ0) is 18.9. The van der Waals surface area contributed by atoms with E-state index in [0.29, 0.717) is 41.6 Å². The van der Waals surface area contributed by atoms with Gasteiger partial charge >= 0.3 is 5.97 Å². The van der Waals surface area contributed by atoms with Gasteiger partial charge in [-0.1, -0.05) is 17.8 Å². The minimum absolute atomic E-state index is 0.0866. The Kier molecular flexibility index (Phi) is 5.55. The normalized spacial score (nSPS) is 15.7. The van der Waals surface area contributed by atoms with Crippen molar-refractivity contribution in [2.45, 2.75) is 51.1 Å². The molecule has 1 aliphatic rings. The summed E-state index contributed by atoms with van der Waals surface area (Å²) in [6, 6.07) is 0. The number of hydrogen-bond acceptors (Lipinski definition) is 7. The second kappa shape index (κ2) is 7.54. The van der Waals surface area contributed by atoms with E-state index < -0.39 is 0 Å². The summed E-state index contributed by atoms with van der Waals surface area (Å²) in [4.78, 5) is 31.3. The van der Waals surface area contributed by atoms with Crippen molar-refractivity contribution < 1.29 is 14.3 Å². The SMILES string of the molecule is C=CCn1c(SCC(=O)OCC)nc2sc3c(c2c1=O)CC(C)(C)OC3. The molecule has 2 aromatic rings. The van der Waals surface area contributed by atoms with E-state index in [9.17, 15) is 9.59 Å². The lowest BCUT2D eigenvalue weighted by atomic mass is 9.94. The van der Waals surface area contributed by atoms with Gasteiger partial charge < -0.3 is 9.47 Å². The van der Waals surface area contributed by atoms with Gasteiger partial charge in [0.25, 0.3) is 5.56 Å². The summed E-state index contributed by atoms with van der Waals surface area (Å²) in [5.74, 6) is -0.206. The van der Waals surface area contributed by atoms with Crippen LogP contribution in [0.1, 0.15) is 31.2 Å². The number of esters is 1. The lowest BCUT2D eigenvalue weighted by Crippen LogP contribution is -2.32. The third kappa shape index (κ3) is 3.72. The van der Waals surface area contributed by atoms with Crippen molar-refractivity contribution in [3.63, 3.8) is 0 Å². The lowest BCUT2D eigenvalue weighted by Gasteiger charge is -2.29. The van der Waals surface area contributed by atoms with Crippen LogP contribution < -0.4 is 5.56 Å². The highest BCUT2D eigenvalue weighted by molar-refractivity contribution is 7.99. The Bertz CT molecular complexity index is 914. The predicted molar refractivity (Wildman–Crippen MR) is 104 cm³/mol. The van der Waals surface area contributed by atoms with Crippen molar-refractivity contribution in [1.82, 2.24) is 9.55 Å². The molecule has 6 nitrogen and oxygen atoms in total. The zero-order valence-corrected chi connectivity index (χ0v) is 16.8. The molecule has 0 spiro atoms. The van der Waals surface area contributed by atoms with Crippen LogP contribution in [0.3, 0.4) is 0 Å². The summed E-state index contributed by atoms with van der Waals surface area (Å²) in [7, 11) is 0. The standard InChI is InChI=1S/C18H22N2O4S2/c1-5-7-20-16(22)14-11-8-18(3,4)24-9-12(11)26-15(14)19-17(20)25-10-13(21)23-6-2/h5H,1,6-10H2,2-4H3. The fourth-order valence-electron chi connectivity index (χ4n) is 2.93. The number of thioether (sulfide) groups is 1. The number of fused-ring (bicyclic) bond motifs is 3. The molecule has 0 saturated heterocycles. The number of rotatable bonds is 6. The maximum absolute atomic E-state index is 13.2. The van der Waals surface area contributed by atoms with E-state index in [0.717, 1.165) is 10.4 Å². The second-order valence-electron chi connectivity index (χ2n) is 6.60. The molecule has 0 aromatic carbocycles. The van der Waals surface area contributed by atoms with Crippen molar-refractivity contribution in [2.24, 2.45) is 0 Å². The van der Waals surface area contributed by atoms with Crippen LogP contribution in [0, 0.1) is 0 Å². The molecule has 8 heteroatoms. The average molecular weight is 395 g/mol. The number of allylic oxidation sites excluding steroid dienone is 1. The van der Waals surface area contributed by atoms with E-state index in [1.165, 1.54) is 23.1 Å². The summed E-state index contributed by atoms with van der Waals surface area (Å²) in [6.07, 6.45) is 2.35. The molecule has 1 aliphatic heterocycles. The van der Waals surface area contributed by atoms with Gasteiger partial charge in [-0.25, -0.2) is 4.98 Å². The first-order valence-corrected chi connectivity index (χ1v) is 10.2. The minimum Gasteiger partial charge on any atom is -0.465 e. The van der Waals surface area contributed by atoms with Crippen molar-refractivity contribution in [3.8, 4) is 0 Å². The average Bonchev–Trinajstić information content (AvgIpc) is 2.92. The molecule has 0 atom stereocenters. The van der Waals surface area contributed by atoms with Crippen molar-refractivity contribution in [3.05, 3.63) is 33.4 Å². The van der Waals surface area contributed by atoms with E-state index >= 15 is 0 Å². The van der Waals surface area contributed by atoms with Crippen LogP contribution in [0.5, 0.6) is 0 Å². The molecule has 0 unspecified atom stereocenters. The van der Waals surface area contributed by atoms with E-state index in [1.54, 1.807) is 17.6 Å². The monoisotopic (exact) mass is 394 g/mol. The molecule has 0 N–H and O–H groups in total. The van der Waals surface area contributed by atoms with Crippen LogP contribution in [-0.2, 0) is 33.8 Å². The number of thiophene rings is 1. The van der Waals surface area contributed by atoms with Crippen molar-refractivity contribution in [2.75, 3.05) is 12.4 Å². The number of carbonyl (C=O) groups is 1. The van der Waals surface area contributed by atoms with Gasteiger partial charge in [-0.3, -0.25) is 14.2 Å². The highest BCUT2D eigenvalue weighted by atomic mass is 32.2. The third-order valence-electron chi connectivity index (χ3n) is 4.09. The molecule has 0 radical (unpaired) electrons. The second-order valence-corrected chi connectivity index (χ2v) is 8.63. The van der Waals surface area contributed by atoms with Gasteiger partial charge in [0.2, 0.25) is 0 Å². The fraction of sp³-hybridized carbons (Fsp3) is 0.500. The molecule has 0 saturated carbocycles. The van der Waals surface area contributed by atoms with Gasteiger partial charge in [-0.05, 0) is 26.3 Å². The van der Waals surface area contributed by atoms with Crippen molar-refractivity contribution >= 4 is 39.3 Å². The number of ether oxygens (including phenoxy) is 2. The first-order chi connectivity index (χ1) is 12.4. The van der Waals surface area contributed by atoms with Gasteiger partial charge in [0.15, 0.2) is 5.16 Å². The number of carbonyl (C=O) groups excluding carboxylic acids is 1. The molecule has 0 fully saturated rings. The molecule has 140 valence electrons. The van der Waals surface area contributed by atoms with Crippen molar-refractivity contribution in [1.29, 1.82) is 0 Å². The van der Waals surface area contributed by atoms with E-state index in [2.05, 4.69) is 11.6 Å². The van der Waals surface area contributed by atoms with Gasteiger partial charge in [0, 0.05) is 17.8 Å². The Balaban J connectivity index is 2.07. The van der Waals surface area contributed by atoms with Crippen LogP contribution in [0.4, 0.5) is 0 Å². The summed E-state index contributed by atoms with van der Waals surface area (Å²) < 4.78 is 12.4. The summed E-state index contributed by atoms with van der Waals surface area (Å²) >= 11 is 2.71. The Morgan fingerprint density at radius 2 is 2.31 bits per heavy atom. The Hall–Kier alpha value is -1.64. The zero-order valence-electron chi connectivity index (χ0n) is 15.2. The predicted octanol–water partition coefficient (Wildman–Crippen LogP) is 3.15. The van der Waals surface area contributed by atoms with Crippen LogP contribution in [0.15, 0.2) is 22.6 Å². The molecule has 2 aromatic heterocycles. The largest absolute Gasteiger partial charge is 0.465 e. The molecule has 0 aliphatic carbocycles. The Morgan fingerprint density at radius 1 is 1.54 bits per heavy atom. The fourth-order valence-corrected chi connectivity index (χ4v) is 4.88. The molecule has 0 amide bonds. The summed E-state index contributed by atoms with van der Waals surface area (Å²) in [5.41, 5.74) is 0.656. The van der Waals surface area contributed by atoms with Crippen LogP contribution in [0.25, 0.3) is 10.2 Å². The molecular formula is C18H22N2O4S2. The van der Waals surface area contributed by atoms with Gasteiger partial charge in [0.05, 0.1) is 30.0 Å². The maximum atomic E-state index is 13.2. The highest BCUT2D eigenvalue weighted by Crippen LogP contribution is 2.37. The van der Waals surface area contributed by atoms with Gasteiger partial charge in [-0.2, -0.15) is 0 Å². The smallest absolute Gasteiger partial charge is 0.316 e. The summed E-state index contributed by atoms with van der Waals surface area (Å²) in [5, 5.41) is 1.18. The van der Waals surface area contributed by atoms with Gasteiger partial charge in [-0.15, -0.1) is 17.9 Å².